The maximum atomic E-state index is 6.43. The third kappa shape index (κ3) is 3.44. The molecule has 5 heteroatoms. The fraction of sp³-hybridized carbons (Fsp3) is 0.381. The van der Waals surface area contributed by atoms with Crippen LogP contribution in [0.4, 0.5) is 5.69 Å². The summed E-state index contributed by atoms with van der Waals surface area (Å²) in [7, 11) is 0. The highest BCUT2D eigenvalue weighted by Crippen LogP contribution is 2.42. The molecule has 4 nitrogen and oxygen atoms in total. The predicted octanol–water partition coefficient (Wildman–Crippen LogP) is 4.94. The van der Waals surface area contributed by atoms with E-state index in [1.807, 2.05) is 36.4 Å². The second-order valence-electron chi connectivity index (χ2n) is 6.80. The van der Waals surface area contributed by atoms with Crippen LogP contribution >= 0.6 is 11.6 Å². The largest absolute Gasteiger partial charge is 0.454 e. The molecule has 2 aromatic rings. The molecule has 1 fully saturated rings. The molecule has 0 N–H and O–H groups in total. The van der Waals surface area contributed by atoms with Crippen LogP contribution in [0.25, 0.3) is 0 Å². The zero-order chi connectivity index (χ0) is 17.9. The molecule has 26 heavy (non-hydrogen) atoms. The van der Waals surface area contributed by atoms with Gasteiger partial charge < -0.3 is 9.64 Å². The number of nitrogens with zero attached hydrogens (tertiary/aromatic N) is 3. The van der Waals surface area contributed by atoms with Crippen molar-refractivity contribution in [3.8, 4) is 11.5 Å². The Hall–Kier alpha value is -2.04. The van der Waals surface area contributed by atoms with Crippen molar-refractivity contribution in [2.75, 3.05) is 32.7 Å². The molecular weight excluding hydrogens is 346 g/mol. The topological polar surface area (TPSA) is 28.1 Å². The molecular formula is C21H24ClN3O. The summed E-state index contributed by atoms with van der Waals surface area (Å²) in [5.74, 6) is 2.50. The van der Waals surface area contributed by atoms with Crippen LogP contribution in [0, 0.1) is 0 Å². The number of ether oxygens (including phenoxy) is 1. The fourth-order valence-electron chi connectivity index (χ4n) is 3.52. The van der Waals surface area contributed by atoms with Crippen molar-refractivity contribution < 1.29 is 4.74 Å². The Morgan fingerprint density at radius 2 is 1.77 bits per heavy atom. The number of hydrogen-bond acceptors (Lipinski definition) is 4. The van der Waals surface area contributed by atoms with Crippen LogP contribution in [0.2, 0.25) is 5.02 Å². The first-order chi connectivity index (χ1) is 12.8. The van der Waals surface area contributed by atoms with Gasteiger partial charge in [-0.25, -0.2) is 4.99 Å². The normalized spacial score (nSPS) is 17.0. The predicted molar refractivity (Wildman–Crippen MR) is 107 cm³/mol. The lowest BCUT2D eigenvalue weighted by atomic mass is 10.1. The second-order valence-corrected chi connectivity index (χ2v) is 7.21. The summed E-state index contributed by atoms with van der Waals surface area (Å²) < 4.78 is 6.14. The average molecular weight is 370 g/mol. The van der Waals surface area contributed by atoms with Crippen LogP contribution in [0.1, 0.15) is 25.3 Å². The van der Waals surface area contributed by atoms with Gasteiger partial charge in [-0.3, -0.25) is 4.90 Å². The van der Waals surface area contributed by atoms with E-state index in [4.69, 9.17) is 21.3 Å². The van der Waals surface area contributed by atoms with Crippen molar-refractivity contribution in [3.63, 3.8) is 0 Å². The van der Waals surface area contributed by atoms with Gasteiger partial charge in [-0.15, -0.1) is 0 Å². The highest BCUT2D eigenvalue weighted by molar-refractivity contribution is 6.33. The van der Waals surface area contributed by atoms with Crippen molar-refractivity contribution in [2.24, 2.45) is 4.99 Å². The first-order valence-electron chi connectivity index (χ1n) is 9.38. The van der Waals surface area contributed by atoms with Gasteiger partial charge in [0.05, 0.1) is 10.6 Å². The molecule has 0 amide bonds. The van der Waals surface area contributed by atoms with Gasteiger partial charge in [0.15, 0.2) is 5.75 Å². The van der Waals surface area contributed by atoms with Gasteiger partial charge in [0, 0.05) is 26.2 Å². The number of fused-ring (bicyclic) bond motifs is 2. The van der Waals surface area contributed by atoms with E-state index < -0.39 is 0 Å². The van der Waals surface area contributed by atoms with Crippen molar-refractivity contribution >= 4 is 23.1 Å². The quantitative estimate of drug-likeness (QED) is 0.766. The average Bonchev–Trinajstić information content (AvgIpc) is 2.84. The van der Waals surface area contributed by atoms with E-state index in [1.54, 1.807) is 0 Å². The zero-order valence-electron chi connectivity index (χ0n) is 15.1. The molecule has 136 valence electrons. The van der Waals surface area contributed by atoms with Crippen LogP contribution in [-0.4, -0.2) is 48.4 Å². The van der Waals surface area contributed by atoms with E-state index in [9.17, 15) is 0 Å². The summed E-state index contributed by atoms with van der Waals surface area (Å²) in [5, 5.41) is 0.620. The van der Waals surface area contributed by atoms with E-state index in [2.05, 4.69) is 22.8 Å². The number of halogens is 1. The minimum Gasteiger partial charge on any atom is -0.454 e. The molecule has 2 aliphatic heterocycles. The number of amidine groups is 1. The summed E-state index contributed by atoms with van der Waals surface area (Å²) in [4.78, 5) is 9.86. The lowest BCUT2D eigenvalue weighted by Crippen LogP contribution is -2.49. The third-order valence-corrected chi connectivity index (χ3v) is 5.32. The standard InChI is InChI=1S/C21H24ClN3O/c1-2-3-11-24-12-14-25(15-13-24)21-16-7-4-5-9-18(16)26-19-10-6-8-17(22)20(19)23-21/h4-10H,2-3,11-15H2,1H3. The SMILES string of the molecule is CCCCN1CCN(C2=Nc3c(Cl)cccc3Oc3ccccc32)CC1. The number of hydrogen-bond donors (Lipinski definition) is 0. The lowest BCUT2D eigenvalue weighted by molar-refractivity contribution is 0.180. The summed E-state index contributed by atoms with van der Waals surface area (Å²) in [6.45, 7) is 7.50. The van der Waals surface area contributed by atoms with Gasteiger partial charge in [0.25, 0.3) is 0 Å². The Morgan fingerprint density at radius 1 is 1.00 bits per heavy atom. The van der Waals surface area contributed by atoms with E-state index in [0.717, 1.165) is 43.3 Å². The number of aliphatic imine (C=N–C) groups is 1. The third-order valence-electron chi connectivity index (χ3n) is 5.02. The monoisotopic (exact) mass is 369 g/mol. The summed E-state index contributed by atoms with van der Waals surface area (Å²) >= 11 is 6.43. The van der Waals surface area contributed by atoms with Crippen LogP contribution in [0.5, 0.6) is 11.5 Å². The van der Waals surface area contributed by atoms with Crippen molar-refractivity contribution in [3.05, 3.63) is 53.1 Å². The maximum absolute atomic E-state index is 6.43. The molecule has 0 aromatic heterocycles. The number of unbranched alkanes of at least 4 members (excludes halogenated alkanes) is 1. The van der Waals surface area contributed by atoms with E-state index in [0.29, 0.717) is 16.5 Å². The smallest absolute Gasteiger partial charge is 0.154 e. The molecule has 0 saturated carbocycles. The number of rotatable bonds is 3. The Balaban J connectivity index is 1.67. The molecule has 0 unspecified atom stereocenters. The Kier molecular flexibility index (Phi) is 5.14. The van der Waals surface area contributed by atoms with Crippen molar-refractivity contribution in [1.82, 2.24) is 9.80 Å². The van der Waals surface area contributed by atoms with Gasteiger partial charge in [-0.05, 0) is 37.2 Å². The van der Waals surface area contributed by atoms with Gasteiger partial charge in [-0.1, -0.05) is 43.1 Å². The van der Waals surface area contributed by atoms with Crippen molar-refractivity contribution in [1.29, 1.82) is 0 Å². The molecule has 2 heterocycles. The van der Waals surface area contributed by atoms with Gasteiger partial charge in [0.1, 0.15) is 17.3 Å². The Bertz CT molecular complexity index is 813. The van der Waals surface area contributed by atoms with Crippen LogP contribution in [0.3, 0.4) is 0 Å². The number of para-hydroxylation sites is 2. The molecule has 0 spiro atoms. The van der Waals surface area contributed by atoms with E-state index in [1.165, 1.54) is 19.4 Å². The molecule has 4 rings (SSSR count). The van der Waals surface area contributed by atoms with E-state index in [-0.39, 0.29) is 0 Å². The first-order valence-corrected chi connectivity index (χ1v) is 9.76. The van der Waals surface area contributed by atoms with E-state index >= 15 is 0 Å². The molecule has 0 radical (unpaired) electrons. The fourth-order valence-corrected chi connectivity index (χ4v) is 3.73. The van der Waals surface area contributed by atoms with Crippen LogP contribution in [-0.2, 0) is 0 Å². The lowest BCUT2D eigenvalue weighted by Gasteiger charge is -2.36. The van der Waals surface area contributed by atoms with Gasteiger partial charge >= 0.3 is 0 Å². The van der Waals surface area contributed by atoms with Crippen LogP contribution < -0.4 is 4.74 Å². The highest BCUT2D eigenvalue weighted by atomic mass is 35.5. The minimum atomic E-state index is 0.620. The second kappa shape index (κ2) is 7.68. The molecule has 0 atom stereocenters. The van der Waals surface area contributed by atoms with Gasteiger partial charge in [0.2, 0.25) is 0 Å². The number of piperazine rings is 1. The summed E-state index contributed by atoms with van der Waals surface area (Å²) in [6.07, 6.45) is 2.51. The Labute approximate surface area is 160 Å². The van der Waals surface area contributed by atoms with Crippen LogP contribution in [0.15, 0.2) is 47.5 Å². The molecule has 2 aromatic carbocycles. The summed E-state index contributed by atoms with van der Waals surface area (Å²) in [5.41, 5.74) is 1.75. The summed E-state index contributed by atoms with van der Waals surface area (Å²) in [6, 6.07) is 13.8. The maximum Gasteiger partial charge on any atom is 0.154 e. The molecule has 0 bridgehead atoms. The van der Waals surface area contributed by atoms with Gasteiger partial charge in [-0.2, -0.15) is 0 Å². The first kappa shape index (κ1) is 17.4. The zero-order valence-corrected chi connectivity index (χ0v) is 15.9. The molecule has 0 aliphatic carbocycles. The minimum absolute atomic E-state index is 0.620. The molecule has 1 saturated heterocycles. The highest BCUT2D eigenvalue weighted by Gasteiger charge is 2.26. The van der Waals surface area contributed by atoms with Crippen molar-refractivity contribution in [2.45, 2.75) is 19.8 Å². The number of benzene rings is 2. The molecule has 2 aliphatic rings. The Morgan fingerprint density at radius 3 is 2.58 bits per heavy atom.